The largest absolute Gasteiger partial charge is 0.347 e. The smallest absolute Gasteiger partial charge is 0.271 e. The zero-order valence-corrected chi connectivity index (χ0v) is 14.5. The van der Waals surface area contributed by atoms with Crippen LogP contribution in [0.4, 0.5) is 5.95 Å². The van der Waals surface area contributed by atoms with Crippen molar-refractivity contribution in [3.8, 4) is 0 Å². The number of carbonyl (C=O) groups is 1. The summed E-state index contributed by atoms with van der Waals surface area (Å²) in [6, 6.07) is 7.30. The molecule has 0 saturated heterocycles. The Morgan fingerprint density at radius 3 is 2.65 bits per heavy atom. The van der Waals surface area contributed by atoms with E-state index in [9.17, 15) is 4.79 Å². The van der Waals surface area contributed by atoms with Crippen molar-refractivity contribution < 1.29 is 4.79 Å². The van der Waals surface area contributed by atoms with E-state index in [1.165, 1.54) is 6.20 Å². The molecule has 5 nitrogen and oxygen atoms in total. The molecule has 0 radical (unpaired) electrons. The van der Waals surface area contributed by atoms with Gasteiger partial charge in [-0.15, -0.1) is 0 Å². The number of benzene rings is 1. The van der Waals surface area contributed by atoms with Crippen LogP contribution in [0.5, 0.6) is 0 Å². The molecule has 1 aromatic heterocycles. The molecule has 0 saturated carbocycles. The zero-order chi connectivity index (χ0) is 16.8. The van der Waals surface area contributed by atoms with E-state index in [0.29, 0.717) is 17.5 Å². The molecule has 2 rings (SSSR count). The molecule has 0 aliphatic carbocycles. The normalized spacial score (nSPS) is 10.4. The molecule has 0 bridgehead atoms. The summed E-state index contributed by atoms with van der Waals surface area (Å²) in [5, 5.41) is 3.65. The van der Waals surface area contributed by atoms with Crippen molar-refractivity contribution in [2.24, 2.45) is 0 Å². The number of nitrogens with one attached hydrogen (secondary N) is 1. The van der Waals surface area contributed by atoms with Gasteiger partial charge < -0.3 is 10.2 Å². The van der Waals surface area contributed by atoms with Gasteiger partial charge in [-0.05, 0) is 31.5 Å². The van der Waals surface area contributed by atoms with E-state index in [-0.39, 0.29) is 16.6 Å². The van der Waals surface area contributed by atoms with Crippen LogP contribution in [0.25, 0.3) is 0 Å². The minimum atomic E-state index is -0.342. The van der Waals surface area contributed by atoms with Crippen LogP contribution >= 0.6 is 23.2 Å². The Bertz CT molecular complexity index is 690. The molecule has 2 aromatic rings. The van der Waals surface area contributed by atoms with Crippen LogP contribution in [-0.2, 0) is 6.54 Å². The van der Waals surface area contributed by atoms with E-state index in [2.05, 4.69) is 15.3 Å². The maximum absolute atomic E-state index is 12.3. The molecule has 23 heavy (non-hydrogen) atoms. The first-order chi connectivity index (χ1) is 11.0. The Labute approximate surface area is 145 Å². The number of rotatable bonds is 6. The number of nitrogens with zero attached hydrogens (tertiary/aromatic N) is 3. The molecular weight excluding hydrogens is 335 g/mol. The van der Waals surface area contributed by atoms with Gasteiger partial charge in [-0.25, -0.2) is 9.97 Å². The summed E-state index contributed by atoms with van der Waals surface area (Å²) in [7, 11) is 0. The third-order valence-electron chi connectivity index (χ3n) is 3.33. The van der Waals surface area contributed by atoms with Crippen LogP contribution in [0.2, 0.25) is 10.0 Å². The van der Waals surface area contributed by atoms with Crippen LogP contribution in [0.3, 0.4) is 0 Å². The molecule has 0 aliphatic rings. The molecule has 122 valence electrons. The van der Waals surface area contributed by atoms with E-state index in [4.69, 9.17) is 23.2 Å². The van der Waals surface area contributed by atoms with Gasteiger partial charge in [0.25, 0.3) is 5.91 Å². The first-order valence-corrected chi connectivity index (χ1v) is 8.10. The fraction of sp³-hybridized carbons (Fsp3) is 0.312. The molecular formula is C16H18Cl2N4O. The topological polar surface area (TPSA) is 58.1 Å². The van der Waals surface area contributed by atoms with Crippen molar-refractivity contribution in [1.29, 1.82) is 0 Å². The molecule has 1 heterocycles. The number of amides is 1. The van der Waals surface area contributed by atoms with Crippen molar-refractivity contribution in [2.75, 3.05) is 18.0 Å². The molecule has 0 atom stereocenters. The minimum Gasteiger partial charge on any atom is -0.347 e. The highest BCUT2D eigenvalue weighted by atomic mass is 35.5. The quantitative estimate of drug-likeness (QED) is 0.863. The van der Waals surface area contributed by atoms with Crippen molar-refractivity contribution in [1.82, 2.24) is 15.3 Å². The van der Waals surface area contributed by atoms with Crippen molar-refractivity contribution >= 4 is 35.1 Å². The molecule has 1 aromatic carbocycles. The van der Waals surface area contributed by atoms with Crippen LogP contribution in [0.15, 0.2) is 30.5 Å². The summed E-state index contributed by atoms with van der Waals surface area (Å²) in [5.41, 5.74) is 1.07. The summed E-state index contributed by atoms with van der Waals surface area (Å²) >= 11 is 12.0. The van der Waals surface area contributed by atoms with Crippen LogP contribution < -0.4 is 10.2 Å². The van der Waals surface area contributed by atoms with Gasteiger partial charge in [0.15, 0.2) is 5.69 Å². The lowest BCUT2D eigenvalue weighted by molar-refractivity contribution is 0.0946. The monoisotopic (exact) mass is 352 g/mol. The number of aromatic nitrogens is 2. The van der Waals surface area contributed by atoms with Gasteiger partial charge in [-0.1, -0.05) is 35.3 Å². The van der Waals surface area contributed by atoms with Crippen LogP contribution in [0.1, 0.15) is 29.9 Å². The van der Waals surface area contributed by atoms with Crippen LogP contribution in [-0.4, -0.2) is 29.0 Å². The Kier molecular flexibility index (Phi) is 6.19. The fourth-order valence-corrected chi connectivity index (χ4v) is 2.48. The first kappa shape index (κ1) is 17.5. The van der Waals surface area contributed by atoms with Gasteiger partial charge in [0.2, 0.25) is 5.95 Å². The van der Waals surface area contributed by atoms with Crippen LogP contribution in [0, 0.1) is 0 Å². The van der Waals surface area contributed by atoms with Gasteiger partial charge in [-0.2, -0.15) is 0 Å². The standard InChI is InChI=1S/C16H18Cl2N4O/c1-3-22(4-2)16-20-10-13(18)14(21-16)15(23)19-9-11-6-5-7-12(17)8-11/h5-8,10H,3-4,9H2,1-2H3,(H,19,23). The lowest BCUT2D eigenvalue weighted by Crippen LogP contribution is -2.28. The van der Waals surface area contributed by atoms with E-state index in [1.54, 1.807) is 12.1 Å². The highest BCUT2D eigenvalue weighted by Gasteiger charge is 2.16. The van der Waals surface area contributed by atoms with Gasteiger partial charge >= 0.3 is 0 Å². The summed E-state index contributed by atoms with van der Waals surface area (Å²) in [5.74, 6) is 0.151. The molecule has 1 N–H and O–H groups in total. The Balaban J connectivity index is 2.13. The average molecular weight is 353 g/mol. The minimum absolute atomic E-state index is 0.172. The zero-order valence-electron chi connectivity index (χ0n) is 13.0. The predicted octanol–water partition coefficient (Wildman–Crippen LogP) is 3.56. The highest BCUT2D eigenvalue weighted by molar-refractivity contribution is 6.33. The van der Waals surface area contributed by atoms with Crippen molar-refractivity contribution in [2.45, 2.75) is 20.4 Å². The van der Waals surface area contributed by atoms with E-state index < -0.39 is 0 Å². The molecule has 0 aliphatic heterocycles. The average Bonchev–Trinajstić information content (AvgIpc) is 2.55. The third-order valence-corrected chi connectivity index (χ3v) is 3.85. The van der Waals surface area contributed by atoms with E-state index in [1.807, 2.05) is 30.9 Å². The number of carbonyl (C=O) groups excluding carboxylic acids is 1. The number of hydrogen-bond acceptors (Lipinski definition) is 4. The van der Waals surface area contributed by atoms with Gasteiger partial charge in [0, 0.05) is 24.7 Å². The van der Waals surface area contributed by atoms with Gasteiger partial charge in [0.1, 0.15) is 0 Å². The summed E-state index contributed by atoms with van der Waals surface area (Å²) < 4.78 is 0. The molecule has 0 fully saturated rings. The van der Waals surface area contributed by atoms with E-state index in [0.717, 1.165) is 18.7 Å². The van der Waals surface area contributed by atoms with Gasteiger partial charge in [-0.3, -0.25) is 4.79 Å². The predicted molar refractivity (Wildman–Crippen MR) is 93.2 cm³/mol. The summed E-state index contributed by atoms with van der Waals surface area (Å²) in [6.45, 7) is 5.85. The van der Waals surface area contributed by atoms with Crippen molar-refractivity contribution in [3.05, 3.63) is 51.8 Å². The van der Waals surface area contributed by atoms with Gasteiger partial charge in [0.05, 0.1) is 11.2 Å². The summed E-state index contributed by atoms with van der Waals surface area (Å²) in [4.78, 5) is 22.8. The lowest BCUT2D eigenvalue weighted by Gasteiger charge is -2.19. The second-order valence-corrected chi connectivity index (χ2v) is 5.70. The Hall–Kier alpha value is -1.85. The third kappa shape index (κ3) is 4.56. The second-order valence-electron chi connectivity index (χ2n) is 4.85. The number of halogens is 2. The molecule has 7 heteroatoms. The van der Waals surface area contributed by atoms with Crippen molar-refractivity contribution in [3.63, 3.8) is 0 Å². The molecule has 0 spiro atoms. The Morgan fingerprint density at radius 1 is 1.26 bits per heavy atom. The second kappa shape index (κ2) is 8.13. The number of anilines is 1. The highest BCUT2D eigenvalue weighted by Crippen LogP contribution is 2.17. The molecule has 1 amide bonds. The fourth-order valence-electron chi connectivity index (χ4n) is 2.09. The molecule has 0 unspecified atom stereocenters. The maximum Gasteiger partial charge on any atom is 0.271 e. The first-order valence-electron chi connectivity index (χ1n) is 7.35. The SMILES string of the molecule is CCN(CC)c1ncc(Cl)c(C(=O)NCc2cccc(Cl)c2)n1. The maximum atomic E-state index is 12.3. The Morgan fingerprint density at radius 2 is 2.00 bits per heavy atom. The number of hydrogen-bond donors (Lipinski definition) is 1. The lowest BCUT2D eigenvalue weighted by atomic mass is 10.2. The summed E-state index contributed by atoms with van der Waals surface area (Å²) in [6.07, 6.45) is 1.45. The van der Waals surface area contributed by atoms with E-state index >= 15 is 0 Å².